The van der Waals surface area contributed by atoms with Crippen LogP contribution in [-0.2, 0) is 6.54 Å². The van der Waals surface area contributed by atoms with E-state index in [1.807, 2.05) is 42.1 Å². The van der Waals surface area contributed by atoms with Gasteiger partial charge in [-0.25, -0.2) is 0 Å². The zero-order valence-electron chi connectivity index (χ0n) is 19.5. The van der Waals surface area contributed by atoms with Crippen LogP contribution < -0.4 is 10.9 Å². The van der Waals surface area contributed by atoms with E-state index in [9.17, 15) is 10.1 Å². The van der Waals surface area contributed by atoms with Gasteiger partial charge in [-0.1, -0.05) is 18.9 Å². The molecule has 1 aliphatic carbocycles. The third-order valence-corrected chi connectivity index (χ3v) is 6.73. The minimum absolute atomic E-state index is 0.0460. The Bertz CT molecular complexity index is 1510. The number of fused-ring (bicyclic) bond motifs is 1. The highest BCUT2D eigenvalue weighted by atomic mass is 16.1. The summed E-state index contributed by atoms with van der Waals surface area (Å²) >= 11 is 0. The summed E-state index contributed by atoms with van der Waals surface area (Å²) in [7, 11) is 0. The molecule has 9 heteroatoms. The van der Waals surface area contributed by atoms with E-state index in [0.29, 0.717) is 24.2 Å². The van der Waals surface area contributed by atoms with Crippen LogP contribution in [0.25, 0.3) is 22.0 Å². The van der Waals surface area contributed by atoms with E-state index in [0.717, 1.165) is 53.6 Å². The number of H-pyrrole nitrogens is 1. The monoisotopic (exact) mass is 466 g/mol. The SMILES string of the molecule is Cc1cc(Nc2nn(C3CCCCC3C#N)c3cc[nH]c(=O)c23)ccc1-c1cnn(CCC#N)c1. The summed E-state index contributed by atoms with van der Waals surface area (Å²) in [6, 6.07) is 12.4. The molecule has 4 aromatic rings. The second-order valence-electron chi connectivity index (χ2n) is 9.00. The first-order valence-corrected chi connectivity index (χ1v) is 11.9. The van der Waals surface area contributed by atoms with E-state index in [4.69, 9.17) is 10.4 Å². The van der Waals surface area contributed by atoms with Gasteiger partial charge < -0.3 is 10.3 Å². The Kier molecular flexibility index (Phi) is 6.07. The maximum Gasteiger partial charge on any atom is 0.261 e. The summed E-state index contributed by atoms with van der Waals surface area (Å²) in [5.41, 5.74) is 4.42. The van der Waals surface area contributed by atoms with E-state index in [1.54, 1.807) is 17.1 Å². The van der Waals surface area contributed by atoms with E-state index < -0.39 is 0 Å². The number of hydrogen-bond donors (Lipinski definition) is 2. The number of aromatic nitrogens is 5. The fourth-order valence-corrected chi connectivity index (χ4v) is 4.99. The Morgan fingerprint density at radius 1 is 1.23 bits per heavy atom. The number of aromatic amines is 1. The lowest BCUT2D eigenvalue weighted by Crippen LogP contribution is -2.23. The van der Waals surface area contributed by atoms with Crippen molar-refractivity contribution in [1.82, 2.24) is 24.5 Å². The maximum absolute atomic E-state index is 12.8. The van der Waals surface area contributed by atoms with Gasteiger partial charge in [0.2, 0.25) is 0 Å². The Labute approximate surface area is 202 Å². The van der Waals surface area contributed by atoms with Crippen LogP contribution in [0.1, 0.15) is 43.7 Å². The van der Waals surface area contributed by atoms with Crippen molar-refractivity contribution >= 4 is 22.4 Å². The molecule has 2 unspecified atom stereocenters. The molecule has 1 aromatic carbocycles. The summed E-state index contributed by atoms with van der Waals surface area (Å²) in [6.07, 6.45) is 9.60. The summed E-state index contributed by atoms with van der Waals surface area (Å²) in [5, 5.41) is 31.5. The lowest BCUT2D eigenvalue weighted by atomic mass is 9.85. The molecule has 2 N–H and O–H groups in total. The number of pyridine rings is 1. The fraction of sp³-hybridized carbons (Fsp3) is 0.346. The zero-order valence-corrected chi connectivity index (χ0v) is 19.5. The van der Waals surface area contributed by atoms with Gasteiger partial charge in [0.1, 0.15) is 5.39 Å². The highest BCUT2D eigenvalue weighted by molar-refractivity contribution is 5.91. The van der Waals surface area contributed by atoms with Crippen LogP contribution in [0, 0.1) is 35.5 Å². The van der Waals surface area contributed by atoms with Gasteiger partial charge in [0, 0.05) is 23.6 Å². The largest absolute Gasteiger partial charge is 0.338 e. The number of nitrogens with one attached hydrogen (secondary N) is 2. The molecule has 5 rings (SSSR count). The van der Waals surface area contributed by atoms with E-state index in [2.05, 4.69) is 27.5 Å². The summed E-state index contributed by atoms with van der Waals surface area (Å²) < 4.78 is 3.64. The fourth-order valence-electron chi connectivity index (χ4n) is 4.99. The molecular formula is C26H26N8O. The molecule has 35 heavy (non-hydrogen) atoms. The van der Waals surface area contributed by atoms with Gasteiger partial charge in [-0.05, 0) is 49.1 Å². The molecule has 1 fully saturated rings. The van der Waals surface area contributed by atoms with Crippen molar-refractivity contribution in [3.05, 3.63) is 58.8 Å². The Hall–Kier alpha value is -4.37. The molecule has 176 valence electrons. The lowest BCUT2D eigenvalue weighted by Gasteiger charge is -2.27. The van der Waals surface area contributed by atoms with Gasteiger partial charge in [0.25, 0.3) is 5.56 Å². The number of nitrogens with zero attached hydrogens (tertiary/aromatic N) is 6. The number of aryl methyl sites for hydroxylation is 2. The van der Waals surface area contributed by atoms with Crippen molar-refractivity contribution in [2.75, 3.05) is 5.32 Å². The summed E-state index contributed by atoms with van der Waals surface area (Å²) in [5.74, 6) is 0.371. The van der Waals surface area contributed by atoms with Crippen molar-refractivity contribution in [3.63, 3.8) is 0 Å². The molecule has 0 spiro atoms. The third kappa shape index (κ3) is 4.29. The molecule has 0 radical (unpaired) electrons. The van der Waals surface area contributed by atoms with Crippen LogP contribution in [0.2, 0.25) is 0 Å². The molecule has 0 bridgehead atoms. The zero-order chi connectivity index (χ0) is 24.4. The Balaban J connectivity index is 1.47. The standard InChI is InChI=1S/C26H26N8O/c1-17-13-20(7-8-21(17)19-15-30-33(16-19)12-4-10-27)31-25-24-23(9-11-29-26(24)35)34(32-25)22-6-3-2-5-18(22)14-28/h7-9,11,13,15-16,18,22H,2-6,12H2,1H3,(H,29,35)(H,31,32). The van der Waals surface area contributed by atoms with E-state index in [1.165, 1.54) is 0 Å². The second kappa shape index (κ2) is 9.47. The highest BCUT2D eigenvalue weighted by Gasteiger charge is 2.29. The first-order chi connectivity index (χ1) is 17.1. The normalized spacial score (nSPS) is 17.7. The third-order valence-electron chi connectivity index (χ3n) is 6.73. The lowest BCUT2D eigenvalue weighted by molar-refractivity contribution is 0.277. The number of rotatable bonds is 6. The minimum Gasteiger partial charge on any atom is -0.338 e. The predicted octanol–water partition coefficient (Wildman–Crippen LogP) is 4.81. The number of anilines is 2. The first kappa shape index (κ1) is 22.4. The van der Waals surface area contributed by atoms with Gasteiger partial charge in [-0.3, -0.25) is 14.2 Å². The van der Waals surface area contributed by atoms with Crippen molar-refractivity contribution in [2.45, 2.75) is 51.6 Å². The van der Waals surface area contributed by atoms with Crippen LogP contribution in [0.4, 0.5) is 11.5 Å². The average Bonchev–Trinajstić information content (AvgIpc) is 3.48. The Morgan fingerprint density at radius 3 is 2.89 bits per heavy atom. The van der Waals surface area contributed by atoms with Crippen LogP contribution in [0.3, 0.4) is 0 Å². The molecular weight excluding hydrogens is 440 g/mol. The summed E-state index contributed by atoms with van der Waals surface area (Å²) in [6.45, 7) is 2.59. The molecule has 9 nitrogen and oxygen atoms in total. The topological polar surface area (TPSA) is 128 Å². The van der Waals surface area contributed by atoms with Crippen LogP contribution in [0.15, 0.2) is 47.7 Å². The van der Waals surface area contributed by atoms with Crippen molar-refractivity contribution in [2.24, 2.45) is 5.92 Å². The predicted molar refractivity (Wildman–Crippen MR) is 133 cm³/mol. The quantitative estimate of drug-likeness (QED) is 0.420. The van der Waals surface area contributed by atoms with Crippen molar-refractivity contribution in [1.29, 1.82) is 10.5 Å². The van der Waals surface area contributed by atoms with Gasteiger partial charge in [-0.2, -0.15) is 20.7 Å². The maximum atomic E-state index is 12.8. The molecule has 3 aromatic heterocycles. The van der Waals surface area contributed by atoms with E-state index in [-0.39, 0.29) is 17.5 Å². The van der Waals surface area contributed by atoms with Crippen LogP contribution in [0.5, 0.6) is 0 Å². The molecule has 2 atom stereocenters. The molecule has 0 aliphatic heterocycles. The Morgan fingerprint density at radius 2 is 2.09 bits per heavy atom. The van der Waals surface area contributed by atoms with Crippen LogP contribution in [-0.4, -0.2) is 24.5 Å². The minimum atomic E-state index is -0.210. The van der Waals surface area contributed by atoms with E-state index >= 15 is 0 Å². The molecule has 0 amide bonds. The first-order valence-electron chi connectivity index (χ1n) is 11.9. The van der Waals surface area contributed by atoms with Crippen molar-refractivity contribution in [3.8, 4) is 23.3 Å². The van der Waals surface area contributed by atoms with Gasteiger partial charge in [-0.15, -0.1) is 0 Å². The molecule has 1 saturated carbocycles. The van der Waals surface area contributed by atoms with Crippen molar-refractivity contribution < 1.29 is 0 Å². The number of nitriles is 2. The van der Waals surface area contributed by atoms with Gasteiger partial charge in [0.15, 0.2) is 5.82 Å². The molecule has 3 heterocycles. The number of hydrogen-bond acceptors (Lipinski definition) is 6. The highest BCUT2D eigenvalue weighted by Crippen LogP contribution is 2.37. The smallest absolute Gasteiger partial charge is 0.261 e. The second-order valence-corrected chi connectivity index (χ2v) is 9.00. The van der Waals surface area contributed by atoms with Gasteiger partial charge >= 0.3 is 0 Å². The van der Waals surface area contributed by atoms with Gasteiger partial charge in [0.05, 0.1) is 48.8 Å². The average molecular weight is 467 g/mol. The molecule has 1 aliphatic rings. The molecule has 0 saturated heterocycles. The number of benzene rings is 1. The van der Waals surface area contributed by atoms with Crippen LogP contribution >= 0.6 is 0 Å². The summed E-state index contributed by atoms with van der Waals surface area (Å²) in [4.78, 5) is 15.5.